The molecule has 112 valence electrons. The lowest BCUT2D eigenvalue weighted by Crippen LogP contribution is -2.23. The third kappa shape index (κ3) is 2.04. The Morgan fingerprint density at radius 1 is 1.18 bits per heavy atom. The van der Waals surface area contributed by atoms with Crippen LogP contribution in [0.4, 0.5) is 5.95 Å². The Morgan fingerprint density at radius 2 is 1.91 bits per heavy atom. The van der Waals surface area contributed by atoms with Crippen LogP contribution in [-0.4, -0.2) is 9.55 Å². The van der Waals surface area contributed by atoms with Crippen LogP contribution in [0.5, 0.6) is 0 Å². The number of hydrogen-bond donors (Lipinski definition) is 2. The van der Waals surface area contributed by atoms with E-state index in [1.54, 1.807) is 28.0 Å². The van der Waals surface area contributed by atoms with Gasteiger partial charge in [-0.2, -0.15) is 0 Å². The first-order valence-electron chi connectivity index (χ1n) is 7.28. The molecule has 0 radical (unpaired) electrons. The van der Waals surface area contributed by atoms with E-state index in [9.17, 15) is 0 Å². The number of anilines is 1. The fourth-order valence-corrected chi connectivity index (χ4v) is 4.50. The molecule has 3 aromatic rings. The average Bonchev–Trinajstić information content (AvgIpc) is 2.87. The molecule has 0 saturated heterocycles. The van der Waals surface area contributed by atoms with Crippen LogP contribution in [0.2, 0.25) is 5.02 Å². The molecular formula is C16H15ClN4S. The summed E-state index contributed by atoms with van der Waals surface area (Å²) in [6.07, 6.45) is 4.54. The number of nitrogens with one attached hydrogen (secondary N) is 1. The third-order valence-corrected chi connectivity index (χ3v) is 5.58. The van der Waals surface area contributed by atoms with Gasteiger partial charge in [-0.3, -0.25) is 9.98 Å². The van der Waals surface area contributed by atoms with E-state index in [2.05, 4.69) is 4.98 Å². The van der Waals surface area contributed by atoms with E-state index in [0.717, 1.165) is 28.7 Å². The molecule has 1 aromatic carbocycles. The molecule has 0 amide bonds. The Bertz CT molecular complexity index is 924. The highest BCUT2D eigenvalue weighted by Gasteiger charge is 2.20. The van der Waals surface area contributed by atoms with Crippen molar-refractivity contribution in [1.82, 2.24) is 9.55 Å². The predicted octanol–water partition coefficient (Wildman–Crippen LogP) is 3.68. The van der Waals surface area contributed by atoms with E-state index in [4.69, 9.17) is 22.7 Å². The minimum absolute atomic E-state index is 0.346. The van der Waals surface area contributed by atoms with Crippen molar-refractivity contribution >= 4 is 39.1 Å². The first kappa shape index (κ1) is 13.8. The molecule has 0 fully saturated rings. The fraction of sp³-hybridized carbons (Fsp3) is 0.250. The monoisotopic (exact) mass is 330 g/mol. The summed E-state index contributed by atoms with van der Waals surface area (Å²) in [4.78, 5) is 6.81. The Balaban J connectivity index is 2.03. The number of halogens is 1. The zero-order valence-corrected chi connectivity index (χ0v) is 13.5. The number of rotatable bonds is 1. The second-order valence-electron chi connectivity index (χ2n) is 5.52. The van der Waals surface area contributed by atoms with Gasteiger partial charge in [-0.15, -0.1) is 11.3 Å². The normalized spacial score (nSPS) is 14.2. The van der Waals surface area contributed by atoms with E-state index < -0.39 is 0 Å². The van der Waals surface area contributed by atoms with Crippen molar-refractivity contribution in [2.75, 3.05) is 5.73 Å². The Hall–Kier alpha value is -1.85. The molecule has 0 bridgehead atoms. The molecule has 0 atom stereocenters. The van der Waals surface area contributed by atoms with Gasteiger partial charge in [0.25, 0.3) is 0 Å². The smallest absolute Gasteiger partial charge is 0.207 e. The summed E-state index contributed by atoms with van der Waals surface area (Å²) < 4.78 is 1.69. The van der Waals surface area contributed by atoms with Gasteiger partial charge >= 0.3 is 0 Å². The molecule has 4 rings (SSSR count). The van der Waals surface area contributed by atoms with Gasteiger partial charge in [-0.1, -0.05) is 11.6 Å². The van der Waals surface area contributed by atoms with Crippen LogP contribution in [-0.2, 0) is 12.8 Å². The van der Waals surface area contributed by atoms with Crippen LogP contribution < -0.4 is 11.2 Å². The standard InChI is InChI=1S/C16H15ClN4S/c17-9-5-7-10(8-6-9)21-14(18)13-11-3-1-2-4-12(11)22-15(13)20-16(21)19/h5-8,18H,1-4H2,(H2,19,20). The molecule has 0 aliphatic heterocycles. The molecule has 0 saturated carbocycles. The molecular weight excluding hydrogens is 316 g/mol. The predicted molar refractivity (Wildman–Crippen MR) is 90.9 cm³/mol. The molecule has 2 aromatic heterocycles. The van der Waals surface area contributed by atoms with E-state index in [1.165, 1.54) is 23.3 Å². The van der Waals surface area contributed by atoms with Crippen LogP contribution in [0, 0.1) is 5.41 Å². The van der Waals surface area contributed by atoms with Gasteiger partial charge in [0.2, 0.25) is 5.95 Å². The summed E-state index contributed by atoms with van der Waals surface area (Å²) >= 11 is 7.64. The van der Waals surface area contributed by atoms with Crippen molar-refractivity contribution in [3.05, 3.63) is 45.2 Å². The first-order valence-corrected chi connectivity index (χ1v) is 8.48. The maximum Gasteiger partial charge on any atom is 0.207 e. The van der Waals surface area contributed by atoms with Gasteiger partial charge in [0.15, 0.2) is 0 Å². The largest absolute Gasteiger partial charge is 0.369 e. The molecule has 1 aliphatic carbocycles. The van der Waals surface area contributed by atoms with Crippen LogP contribution in [0.15, 0.2) is 24.3 Å². The molecule has 6 heteroatoms. The highest BCUT2D eigenvalue weighted by Crippen LogP contribution is 2.34. The molecule has 4 nitrogen and oxygen atoms in total. The third-order valence-electron chi connectivity index (χ3n) is 4.14. The van der Waals surface area contributed by atoms with Gasteiger partial charge in [0.1, 0.15) is 10.3 Å². The maximum absolute atomic E-state index is 8.64. The molecule has 1 aliphatic rings. The zero-order valence-electron chi connectivity index (χ0n) is 11.9. The van der Waals surface area contributed by atoms with Gasteiger partial charge < -0.3 is 5.73 Å². The number of benzene rings is 1. The number of aromatic nitrogens is 2. The van der Waals surface area contributed by atoms with E-state index in [0.29, 0.717) is 16.5 Å². The second kappa shape index (κ2) is 5.11. The summed E-state index contributed by atoms with van der Waals surface area (Å²) in [5, 5.41) is 10.3. The number of aryl methyl sites for hydroxylation is 2. The number of nitrogens with two attached hydrogens (primary N) is 1. The number of hydrogen-bond acceptors (Lipinski definition) is 4. The van der Waals surface area contributed by atoms with Crippen LogP contribution >= 0.6 is 22.9 Å². The highest BCUT2D eigenvalue weighted by molar-refractivity contribution is 7.18. The molecule has 0 unspecified atom stereocenters. The van der Waals surface area contributed by atoms with E-state index in [1.807, 2.05) is 12.1 Å². The molecule has 3 N–H and O–H groups in total. The Morgan fingerprint density at radius 3 is 2.68 bits per heavy atom. The number of nitrogens with zero attached hydrogens (tertiary/aromatic N) is 2. The maximum atomic E-state index is 8.64. The lowest BCUT2D eigenvalue weighted by Gasteiger charge is -2.13. The van der Waals surface area contributed by atoms with Gasteiger partial charge in [0.05, 0.1) is 11.1 Å². The summed E-state index contributed by atoms with van der Waals surface area (Å²) in [5.74, 6) is 0.346. The summed E-state index contributed by atoms with van der Waals surface area (Å²) in [7, 11) is 0. The number of nitrogen functional groups attached to an aromatic ring is 1. The van der Waals surface area contributed by atoms with Gasteiger partial charge in [-0.25, -0.2) is 4.98 Å². The minimum Gasteiger partial charge on any atom is -0.369 e. The van der Waals surface area contributed by atoms with Crippen molar-refractivity contribution in [2.45, 2.75) is 25.7 Å². The summed E-state index contributed by atoms with van der Waals surface area (Å²) in [6.45, 7) is 0. The Kier molecular flexibility index (Phi) is 3.20. The number of thiophene rings is 1. The van der Waals surface area contributed by atoms with E-state index >= 15 is 0 Å². The van der Waals surface area contributed by atoms with Gasteiger partial charge in [0, 0.05) is 9.90 Å². The van der Waals surface area contributed by atoms with Crippen LogP contribution in [0.25, 0.3) is 15.9 Å². The summed E-state index contributed by atoms with van der Waals surface area (Å²) in [6, 6.07) is 7.33. The Labute approximate surface area is 136 Å². The first-order chi connectivity index (χ1) is 10.6. The van der Waals surface area contributed by atoms with Crippen molar-refractivity contribution in [2.24, 2.45) is 0 Å². The second-order valence-corrected chi connectivity index (χ2v) is 7.04. The van der Waals surface area contributed by atoms with Crippen molar-refractivity contribution in [1.29, 1.82) is 5.41 Å². The van der Waals surface area contributed by atoms with Crippen LogP contribution in [0.1, 0.15) is 23.3 Å². The van der Waals surface area contributed by atoms with Crippen molar-refractivity contribution in [3.63, 3.8) is 0 Å². The van der Waals surface area contributed by atoms with Crippen molar-refractivity contribution < 1.29 is 0 Å². The zero-order chi connectivity index (χ0) is 15.3. The van der Waals surface area contributed by atoms with E-state index in [-0.39, 0.29) is 0 Å². The fourth-order valence-electron chi connectivity index (χ4n) is 3.11. The minimum atomic E-state index is 0.346. The summed E-state index contributed by atoms with van der Waals surface area (Å²) in [5.41, 5.74) is 8.66. The SMILES string of the molecule is N=c1c2c3c(sc2nc(N)n1-c1ccc(Cl)cc1)CCCC3. The topological polar surface area (TPSA) is 67.7 Å². The quantitative estimate of drug-likeness (QED) is 0.714. The van der Waals surface area contributed by atoms with Crippen molar-refractivity contribution in [3.8, 4) is 5.69 Å². The van der Waals surface area contributed by atoms with Crippen LogP contribution in [0.3, 0.4) is 0 Å². The highest BCUT2D eigenvalue weighted by atomic mass is 35.5. The van der Waals surface area contributed by atoms with Gasteiger partial charge in [-0.05, 0) is 55.5 Å². The lowest BCUT2D eigenvalue weighted by molar-refractivity contribution is 0.699. The lowest BCUT2D eigenvalue weighted by atomic mass is 9.97. The molecule has 0 spiro atoms. The molecule has 22 heavy (non-hydrogen) atoms. The average molecular weight is 331 g/mol. The molecule has 2 heterocycles. The number of fused-ring (bicyclic) bond motifs is 3.